The molecule has 0 saturated heterocycles. The molecule has 4 N–H and O–H groups in total. The van der Waals surface area contributed by atoms with Crippen molar-refractivity contribution in [2.24, 2.45) is 10.9 Å². The molecular weight excluding hydrogens is 296 g/mol. The quantitative estimate of drug-likeness (QED) is 0.441. The van der Waals surface area contributed by atoms with E-state index in [1.165, 1.54) is 5.56 Å². The maximum absolute atomic E-state index is 8.00. The fourth-order valence-corrected chi connectivity index (χ4v) is 2.99. The maximum Gasteiger partial charge on any atom is 0.128 e. The summed E-state index contributed by atoms with van der Waals surface area (Å²) in [4.78, 5) is 7.79. The van der Waals surface area contributed by atoms with Gasteiger partial charge in [-0.05, 0) is 31.5 Å². The van der Waals surface area contributed by atoms with Crippen LogP contribution in [0.3, 0.4) is 0 Å². The number of benzene rings is 1. The first-order valence-electron chi connectivity index (χ1n) is 6.84. The number of nitrogen functional groups attached to an aromatic ring is 1. The second kappa shape index (κ2) is 9.07. The number of allylic oxidation sites excluding steroid dienone is 4. The molecule has 1 aromatic rings. The van der Waals surface area contributed by atoms with Crippen molar-refractivity contribution in [3.05, 3.63) is 54.1 Å². The van der Waals surface area contributed by atoms with Crippen LogP contribution >= 0.6 is 11.8 Å². The smallest absolute Gasteiger partial charge is 0.128 e. The molecule has 1 aliphatic rings. The fraction of sp³-hybridized carbons (Fsp3) is 0.250. The number of carbonyl (C=O) groups excluding carboxylic acids is 1. The van der Waals surface area contributed by atoms with E-state index in [1.807, 2.05) is 44.1 Å². The van der Waals surface area contributed by atoms with Crippen LogP contribution in [0.25, 0.3) is 0 Å². The van der Waals surface area contributed by atoms with Crippen molar-refractivity contribution in [3.8, 4) is 0 Å². The van der Waals surface area contributed by atoms with Crippen LogP contribution < -0.4 is 16.7 Å². The predicted molar refractivity (Wildman–Crippen MR) is 95.5 cm³/mol. The minimum atomic E-state index is -0.211. The molecule has 6 heteroatoms. The molecule has 1 aromatic carbocycles. The van der Waals surface area contributed by atoms with Crippen LogP contribution in [0.2, 0.25) is 0 Å². The van der Waals surface area contributed by atoms with Crippen LogP contribution in [0.15, 0.2) is 53.7 Å². The Balaban J connectivity index is 0.00000116. The van der Waals surface area contributed by atoms with Gasteiger partial charge in [-0.25, -0.2) is 0 Å². The van der Waals surface area contributed by atoms with E-state index in [1.54, 1.807) is 11.8 Å². The Morgan fingerprint density at radius 2 is 2.05 bits per heavy atom. The first kappa shape index (κ1) is 18.0. The molecule has 2 rings (SSSR count). The average Bonchev–Trinajstić information content (AvgIpc) is 2.96. The number of hydrazone groups is 1. The van der Waals surface area contributed by atoms with Crippen LogP contribution in [-0.2, 0) is 9.67 Å². The van der Waals surface area contributed by atoms with Gasteiger partial charge in [-0.3, -0.25) is 11.3 Å². The van der Waals surface area contributed by atoms with Gasteiger partial charge in [0.1, 0.15) is 11.7 Å². The van der Waals surface area contributed by atoms with E-state index in [0.29, 0.717) is 0 Å². The summed E-state index contributed by atoms with van der Waals surface area (Å²) in [6, 6.07) is 8.05. The molecule has 1 aliphatic heterocycles. The number of nitrogens with two attached hydrogens (primary N) is 1. The summed E-state index contributed by atoms with van der Waals surface area (Å²) in [5.41, 5.74) is 7.94. The van der Waals surface area contributed by atoms with Crippen molar-refractivity contribution in [1.82, 2.24) is 5.43 Å². The molecular formula is C16H22N4OS. The lowest BCUT2D eigenvalue weighted by Gasteiger charge is -2.23. The van der Waals surface area contributed by atoms with E-state index in [2.05, 4.69) is 41.1 Å². The van der Waals surface area contributed by atoms with Crippen molar-refractivity contribution in [2.75, 3.05) is 5.43 Å². The van der Waals surface area contributed by atoms with Crippen LogP contribution in [0.1, 0.15) is 25.8 Å². The SMILES string of the molecule is C/C=C\C=C\CC1=NNC(C)(c2ccc(NN)cc2)S1.C=O. The van der Waals surface area contributed by atoms with E-state index in [-0.39, 0.29) is 4.87 Å². The summed E-state index contributed by atoms with van der Waals surface area (Å²) in [5.74, 6) is 5.38. The van der Waals surface area contributed by atoms with E-state index in [4.69, 9.17) is 10.6 Å². The Labute approximate surface area is 135 Å². The highest BCUT2D eigenvalue weighted by Crippen LogP contribution is 2.39. The first-order valence-corrected chi connectivity index (χ1v) is 7.66. The molecule has 0 bridgehead atoms. The monoisotopic (exact) mass is 318 g/mol. The Bertz CT molecular complexity index is 554. The molecule has 5 nitrogen and oxygen atoms in total. The van der Waals surface area contributed by atoms with Crippen molar-refractivity contribution >= 4 is 29.3 Å². The molecule has 118 valence electrons. The Morgan fingerprint density at radius 1 is 1.36 bits per heavy atom. The molecule has 0 radical (unpaired) electrons. The molecule has 0 spiro atoms. The lowest BCUT2D eigenvalue weighted by atomic mass is 10.1. The van der Waals surface area contributed by atoms with Crippen molar-refractivity contribution in [3.63, 3.8) is 0 Å². The van der Waals surface area contributed by atoms with E-state index < -0.39 is 0 Å². The topological polar surface area (TPSA) is 79.5 Å². The number of hydrogen-bond acceptors (Lipinski definition) is 6. The molecule has 1 unspecified atom stereocenters. The highest BCUT2D eigenvalue weighted by molar-refractivity contribution is 8.14. The first-order chi connectivity index (χ1) is 10.7. The number of hydrogen-bond donors (Lipinski definition) is 3. The average molecular weight is 318 g/mol. The van der Waals surface area contributed by atoms with Gasteiger partial charge >= 0.3 is 0 Å². The summed E-state index contributed by atoms with van der Waals surface area (Å²) in [5, 5.41) is 5.51. The van der Waals surface area contributed by atoms with Crippen LogP contribution in [0, 0.1) is 0 Å². The highest BCUT2D eigenvalue weighted by Gasteiger charge is 2.33. The summed E-state index contributed by atoms with van der Waals surface area (Å²) < 4.78 is 0. The van der Waals surface area contributed by atoms with Gasteiger partial charge in [-0.1, -0.05) is 48.2 Å². The largest absolute Gasteiger partial charge is 0.324 e. The number of nitrogens with one attached hydrogen (secondary N) is 2. The zero-order valence-corrected chi connectivity index (χ0v) is 13.7. The number of thioether (sulfide) groups is 1. The van der Waals surface area contributed by atoms with Crippen LogP contribution in [0.4, 0.5) is 5.69 Å². The van der Waals surface area contributed by atoms with E-state index in [0.717, 1.165) is 17.2 Å². The lowest BCUT2D eigenvalue weighted by molar-refractivity contribution is -0.0979. The van der Waals surface area contributed by atoms with Gasteiger partial charge in [0.15, 0.2) is 0 Å². The third kappa shape index (κ3) is 4.75. The molecule has 1 heterocycles. The van der Waals surface area contributed by atoms with Gasteiger partial charge in [-0.2, -0.15) is 5.10 Å². The molecule has 22 heavy (non-hydrogen) atoms. The predicted octanol–water partition coefficient (Wildman–Crippen LogP) is 3.13. The number of anilines is 1. The zero-order chi connectivity index (χ0) is 16.4. The zero-order valence-electron chi connectivity index (χ0n) is 12.9. The molecule has 0 fully saturated rings. The second-order valence-corrected chi connectivity index (χ2v) is 6.12. The van der Waals surface area contributed by atoms with E-state index in [9.17, 15) is 0 Å². The molecule has 0 saturated carbocycles. The Kier molecular flexibility index (Phi) is 7.42. The van der Waals surface area contributed by atoms with Crippen molar-refractivity contribution < 1.29 is 4.79 Å². The van der Waals surface area contributed by atoms with Gasteiger partial charge in [0, 0.05) is 12.1 Å². The Morgan fingerprint density at radius 3 is 2.64 bits per heavy atom. The summed E-state index contributed by atoms with van der Waals surface area (Å²) in [6.07, 6.45) is 9.03. The van der Waals surface area contributed by atoms with Crippen LogP contribution in [-0.4, -0.2) is 11.8 Å². The maximum atomic E-state index is 8.00. The van der Waals surface area contributed by atoms with Crippen molar-refractivity contribution in [2.45, 2.75) is 25.1 Å². The molecule has 0 aromatic heterocycles. The fourth-order valence-electron chi connectivity index (χ4n) is 1.90. The van der Waals surface area contributed by atoms with Crippen LogP contribution in [0.5, 0.6) is 0 Å². The Hall–Kier alpha value is -2.05. The molecule has 0 amide bonds. The third-order valence-electron chi connectivity index (χ3n) is 3.05. The van der Waals surface area contributed by atoms with Gasteiger partial charge in [0.2, 0.25) is 0 Å². The molecule has 0 aliphatic carbocycles. The van der Waals surface area contributed by atoms with Gasteiger partial charge in [0.25, 0.3) is 0 Å². The summed E-state index contributed by atoms with van der Waals surface area (Å²) in [6.45, 7) is 6.14. The third-order valence-corrected chi connectivity index (χ3v) is 4.28. The summed E-state index contributed by atoms with van der Waals surface area (Å²) >= 11 is 1.75. The van der Waals surface area contributed by atoms with Gasteiger partial charge < -0.3 is 10.2 Å². The second-order valence-electron chi connectivity index (χ2n) is 4.63. The number of nitrogens with zero attached hydrogens (tertiary/aromatic N) is 1. The lowest BCUT2D eigenvalue weighted by Crippen LogP contribution is -2.28. The van der Waals surface area contributed by atoms with Crippen molar-refractivity contribution in [1.29, 1.82) is 0 Å². The van der Waals surface area contributed by atoms with Gasteiger partial charge in [-0.15, -0.1) is 0 Å². The van der Waals surface area contributed by atoms with Gasteiger partial charge in [0.05, 0.1) is 5.04 Å². The highest BCUT2D eigenvalue weighted by atomic mass is 32.2. The number of rotatable bonds is 5. The van der Waals surface area contributed by atoms with E-state index >= 15 is 0 Å². The minimum Gasteiger partial charge on any atom is -0.324 e. The number of carbonyl (C=O) groups is 1. The number of hydrazine groups is 1. The standard InChI is InChI=1S/C15H20N4S.CH2O/c1-3-4-5-6-7-14-18-19-15(2,20-14)12-8-10-13(17-16)11-9-12;1-2/h3-6,8-11,17,19H,7,16H2,1-2H3;1H2/b4-3-,6-5+;. The summed E-state index contributed by atoms with van der Waals surface area (Å²) in [7, 11) is 0. The molecule has 1 atom stereocenters. The minimum absolute atomic E-state index is 0.211. The normalized spacial score (nSPS) is 20.4.